The Bertz CT molecular complexity index is 547. The van der Waals surface area contributed by atoms with Gasteiger partial charge in [0.05, 0.1) is 12.1 Å². The van der Waals surface area contributed by atoms with Gasteiger partial charge in [0.25, 0.3) is 0 Å². The Hall–Kier alpha value is -2.09. The Balaban J connectivity index is 2.73. The Morgan fingerprint density at radius 2 is 1.95 bits per heavy atom. The number of carboxylic acid groups (broad SMARTS) is 2. The van der Waals surface area contributed by atoms with Gasteiger partial charge >= 0.3 is 18.0 Å². The lowest BCUT2D eigenvalue weighted by molar-refractivity contribution is -0.145. The van der Waals surface area contributed by atoms with Crippen LogP contribution in [0.1, 0.15) is 12.0 Å². The van der Waals surface area contributed by atoms with Gasteiger partial charge in [0.15, 0.2) is 0 Å². The molecule has 1 atom stereocenters. The predicted octanol–water partition coefficient (Wildman–Crippen LogP) is 1.81. The molecule has 0 saturated carbocycles. The van der Waals surface area contributed by atoms with Gasteiger partial charge in [0, 0.05) is 4.47 Å². The molecular weight excluding hydrogens is 332 g/mol. The maximum absolute atomic E-state index is 11.7. The summed E-state index contributed by atoms with van der Waals surface area (Å²) in [6.07, 6.45) is -0.697. The average molecular weight is 345 g/mol. The van der Waals surface area contributed by atoms with Crippen LogP contribution in [0.25, 0.3) is 0 Å². The SMILES string of the molecule is Cc1cccc(NC(=O)N[C@H](CC(=O)O)C(=O)O)c1Br. The molecule has 0 saturated heterocycles. The quantitative estimate of drug-likeness (QED) is 0.650. The molecule has 1 aromatic rings. The number of urea groups is 1. The second-order valence-electron chi connectivity index (χ2n) is 4.02. The van der Waals surface area contributed by atoms with Gasteiger partial charge in [-0.2, -0.15) is 0 Å². The van der Waals surface area contributed by atoms with Crippen molar-refractivity contribution in [3.8, 4) is 0 Å². The lowest BCUT2D eigenvalue weighted by Gasteiger charge is -2.14. The van der Waals surface area contributed by atoms with Crippen LogP contribution in [0.4, 0.5) is 10.5 Å². The van der Waals surface area contributed by atoms with E-state index in [4.69, 9.17) is 10.2 Å². The highest BCUT2D eigenvalue weighted by molar-refractivity contribution is 9.10. The van der Waals surface area contributed by atoms with Crippen molar-refractivity contribution in [1.29, 1.82) is 0 Å². The van der Waals surface area contributed by atoms with Crippen molar-refractivity contribution in [3.63, 3.8) is 0 Å². The maximum Gasteiger partial charge on any atom is 0.326 e. The van der Waals surface area contributed by atoms with Crippen molar-refractivity contribution in [2.24, 2.45) is 0 Å². The van der Waals surface area contributed by atoms with Gasteiger partial charge in [0.1, 0.15) is 6.04 Å². The number of rotatable bonds is 5. The van der Waals surface area contributed by atoms with Crippen molar-refractivity contribution >= 4 is 39.6 Å². The molecule has 2 amide bonds. The Morgan fingerprint density at radius 3 is 2.50 bits per heavy atom. The molecule has 0 aromatic heterocycles. The lowest BCUT2D eigenvalue weighted by atomic mass is 10.2. The molecule has 0 fully saturated rings. The summed E-state index contributed by atoms with van der Waals surface area (Å²) in [4.78, 5) is 33.0. The molecule has 1 aromatic carbocycles. The number of aryl methyl sites for hydroxylation is 1. The Kier molecular flexibility index (Phi) is 5.51. The first-order chi connectivity index (χ1) is 9.31. The summed E-state index contributed by atoms with van der Waals surface area (Å²) < 4.78 is 0.667. The number of nitrogens with one attached hydrogen (secondary N) is 2. The number of halogens is 1. The number of carbonyl (C=O) groups excluding carboxylic acids is 1. The molecule has 0 radical (unpaired) electrons. The minimum atomic E-state index is -1.49. The number of carboxylic acids is 2. The number of anilines is 1. The summed E-state index contributed by atoms with van der Waals surface area (Å²) in [5.41, 5.74) is 1.35. The third-order valence-electron chi connectivity index (χ3n) is 2.42. The zero-order valence-electron chi connectivity index (χ0n) is 10.5. The average Bonchev–Trinajstić information content (AvgIpc) is 2.33. The van der Waals surface area contributed by atoms with Crippen molar-refractivity contribution in [2.75, 3.05) is 5.32 Å². The molecule has 7 nitrogen and oxygen atoms in total. The summed E-state index contributed by atoms with van der Waals surface area (Å²) in [5.74, 6) is -2.72. The minimum absolute atomic E-state index is 0.460. The number of benzene rings is 1. The van der Waals surface area contributed by atoms with Gasteiger partial charge in [0.2, 0.25) is 0 Å². The van der Waals surface area contributed by atoms with E-state index >= 15 is 0 Å². The molecule has 0 aliphatic rings. The van der Waals surface area contributed by atoms with E-state index in [2.05, 4.69) is 26.6 Å². The van der Waals surface area contributed by atoms with Gasteiger partial charge in [-0.1, -0.05) is 12.1 Å². The monoisotopic (exact) mass is 344 g/mol. The third-order valence-corrected chi connectivity index (χ3v) is 3.47. The van der Waals surface area contributed by atoms with E-state index in [1.54, 1.807) is 12.1 Å². The van der Waals surface area contributed by atoms with Crippen LogP contribution in [0.15, 0.2) is 22.7 Å². The molecule has 108 valence electrons. The van der Waals surface area contributed by atoms with Crippen LogP contribution < -0.4 is 10.6 Å². The molecule has 0 aliphatic carbocycles. The van der Waals surface area contributed by atoms with E-state index in [0.717, 1.165) is 5.56 Å². The lowest BCUT2D eigenvalue weighted by Crippen LogP contribution is -2.44. The fourth-order valence-electron chi connectivity index (χ4n) is 1.44. The molecule has 0 heterocycles. The minimum Gasteiger partial charge on any atom is -0.481 e. The summed E-state index contributed by atoms with van der Waals surface area (Å²) in [6, 6.07) is 2.91. The molecule has 0 bridgehead atoms. The molecule has 1 rings (SSSR count). The fraction of sp³-hybridized carbons (Fsp3) is 0.250. The van der Waals surface area contributed by atoms with Crippen LogP contribution in [-0.4, -0.2) is 34.2 Å². The second-order valence-corrected chi connectivity index (χ2v) is 4.82. The topological polar surface area (TPSA) is 116 Å². The van der Waals surface area contributed by atoms with Crippen LogP contribution in [0.5, 0.6) is 0 Å². The summed E-state index contributed by atoms with van der Waals surface area (Å²) in [7, 11) is 0. The van der Waals surface area contributed by atoms with Crippen LogP contribution in [-0.2, 0) is 9.59 Å². The first-order valence-corrected chi connectivity index (χ1v) is 6.37. The number of hydrogen-bond acceptors (Lipinski definition) is 3. The zero-order chi connectivity index (χ0) is 15.3. The van der Waals surface area contributed by atoms with Gasteiger partial charge in [-0.15, -0.1) is 0 Å². The van der Waals surface area contributed by atoms with E-state index in [-0.39, 0.29) is 0 Å². The summed E-state index contributed by atoms with van der Waals surface area (Å²) >= 11 is 3.29. The second kappa shape index (κ2) is 6.90. The number of hydrogen-bond donors (Lipinski definition) is 4. The van der Waals surface area contributed by atoms with Crippen LogP contribution in [0.2, 0.25) is 0 Å². The van der Waals surface area contributed by atoms with E-state index in [9.17, 15) is 14.4 Å². The van der Waals surface area contributed by atoms with E-state index in [0.29, 0.717) is 10.2 Å². The van der Waals surface area contributed by atoms with Crippen LogP contribution in [0.3, 0.4) is 0 Å². The summed E-state index contributed by atoms with van der Waals surface area (Å²) in [6.45, 7) is 1.83. The van der Waals surface area contributed by atoms with Gasteiger partial charge in [-0.25, -0.2) is 9.59 Å². The first-order valence-electron chi connectivity index (χ1n) is 5.58. The van der Waals surface area contributed by atoms with Crippen molar-refractivity contribution in [2.45, 2.75) is 19.4 Å². The Labute approximate surface area is 123 Å². The van der Waals surface area contributed by atoms with E-state index in [1.807, 2.05) is 13.0 Å². The fourth-order valence-corrected chi connectivity index (χ4v) is 1.80. The zero-order valence-corrected chi connectivity index (χ0v) is 12.1. The van der Waals surface area contributed by atoms with Crippen LogP contribution in [0, 0.1) is 6.92 Å². The number of carbonyl (C=O) groups is 3. The third kappa shape index (κ3) is 4.54. The normalized spacial score (nSPS) is 11.5. The molecule has 20 heavy (non-hydrogen) atoms. The van der Waals surface area contributed by atoms with Gasteiger partial charge in [-0.05, 0) is 34.5 Å². The maximum atomic E-state index is 11.7. The highest BCUT2D eigenvalue weighted by atomic mass is 79.9. The van der Waals surface area contributed by atoms with E-state index in [1.165, 1.54) is 0 Å². The highest BCUT2D eigenvalue weighted by Gasteiger charge is 2.23. The predicted molar refractivity (Wildman–Crippen MR) is 74.7 cm³/mol. The largest absolute Gasteiger partial charge is 0.481 e. The molecule has 0 spiro atoms. The summed E-state index contributed by atoms with van der Waals surface area (Å²) in [5, 5.41) is 21.9. The van der Waals surface area contributed by atoms with Crippen molar-refractivity contribution in [3.05, 3.63) is 28.2 Å². The Morgan fingerprint density at radius 1 is 1.30 bits per heavy atom. The van der Waals surface area contributed by atoms with Crippen molar-refractivity contribution in [1.82, 2.24) is 5.32 Å². The molecular formula is C12H13BrN2O5. The first kappa shape index (κ1) is 16.0. The molecule has 0 unspecified atom stereocenters. The van der Waals surface area contributed by atoms with E-state index < -0.39 is 30.4 Å². The van der Waals surface area contributed by atoms with Crippen molar-refractivity contribution < 1.29 is 24.6 Å². The molecule has 4 N–H and O–H groups in total. The highest BCUT2D eigenvalue weighted by Crippen LogP contribution is 2.25. The number of amides is 2. The van der Waals surface area contributed by atoms with Crippen LogP contribution >= 0.6 is 15.9 Å². The standard InChI is InChI=1S/C12H13BrN2O5/c1-6-3-2-4-7(10(6)13)14-12(20)15-8(11(18)19)5-9(16)17/h2-4,8H,5H2,1H3,(H,16,17)(H,18,19)(H2,14,15,20)/t8-/m1/s1. The smallest absolute Gasteiger partial charge is 0.326 e. The van der Waals surface area contributed by atoms with Gasteiger partial charge in [-0.3, -0.25) is 4.79 Å². The van der Waals surface area contributed by atoms with Gasteiger partial charge < -0.3 is 20.8 Å². The molecule has 8 heteroatoms. The number of aliphatic carboxylic acids is 2. The molecule has 0 aliphatic heterocycles.